The molecule has 138 valence electrons. The number of thiophene rings is 1. The van der Waals surface area contributed by atoms with Crippen molar-refractivity contribution in [3.05, 3.63) is 53.5 Å². The second-order valence-corrected chi connectivity index (χ2v) is 20.7. The van der Waals surface area contributed by atoms with E-state index in [9.17, 15) is 0 Å². The molecule has 0 radical (unpaired) electrons. The fraction of sp³-hybridized carbons (Fsp3) is 0.208. The topological polar surface area (TPSA) is 8.29 Å². The average molecular weight is 444 g/mol. The molecule has 6 aromatic rings. The molecule has 0 aliphatic heterocycles. The quantitative estimate of drug-likeness (QED) is 0.133. The van der Waals surface area contributed by atoms with Crippen LogP contribution in [-0.4, -0.2) is 17.7 Å². The Balaban J connectivity index is 2.07. The SMILES string of the molecule is Cc1ccc2c3sccc3n3c4c[c]([Ge]([CH3])([CH3])[CH3])cc5cc[n+](C)c(c1c23)c54. The van der Waals surface area contributed by atoms with Crippen LogP contribution in [0.15, 0.2) is 48.0 Å². The van der Waals surface area contributed by atoms with Crippen molar-refractivity contribution in [2.24, 2.45) is 7.05 Å². The van der Waals surface area contributed by atoms with Crippen LogP contribution in [0.4, 0.5) is 0 Å². The van der Waals surface area contributed by atoms with E-state index in [1.807, 2.05) is 11.3 Å². The van der Waals surface area contributed by atoms with E-state index < -0.39 is 13.3 Å². The van der Waals surface area contributed by atoms with Crippen molar-refractivity contribution in [1.29, 1.82) is 0 Å². The molecule has 6 rings (SSSR count). The van der Waals surface area contributed by atoms with Crippen LogP contribution in [0.3, 0.4) is 0 Å². The van der Waals surface area contributed by atoms with Crippen molar-refractivity contribution in [3.63, 3.8) is 0 Å². The molecule has 0 spiro atoms. The molecule has 0 atom stereocenters. The van der Waals surface area contributed by atoms with Crippen molar-refractivity contribution in [1.82, 2.24) is 4.40 Å². The summed E-state index contributed by atoms with van der Waals surface area (Å²) in [5.41, 5.74) is 6.82. The summed E-state index contributed by atoms with van der Waals surface area (Å²) >= 11 is -0.119. The van der Waals surface area contributed by atoms with E-state index in [4.69, 9.17) is 0 Å². The molecule has 0 saturated heterocycles. The van der Waals surface area contributed by atoms with Gasteiger partial charge in [0.2, 0.25) is 0 Å². The number of aryl methyl sites for hydroxylation is 2. The van der Waals surface area contributed by atoms with Gasteiger partial charge in [-0.2, -0.15) is 0 Å². The van der Waals surface area contributed by atoms with Crippen LogP contribution in [0.5, 0.6) is 0 Å². The van der Waals surface area contributed by atoms with E-state index in [1.165, 1.54) is 53.9 Å². The number of nitrogens with zero attached hydrogens (tertiary/aromatic N) is 2. The van der Waals surface area contributed by atoms with Crippen LogP contribution >= 0.6 is 11.3 Å². The van der Waals surface area contributed by atoms with E-state index >= 15 is 0 Å². The molecule has 0 saturated carbocycles. The van der Waals surface area contributed by atoms with Crippen molar-refractivity contribution < 1.29 is 4.57 Å². The molecule has 0 aliphatic carbocycles. The first-order valence-corrected chi connectivity index (χ1v) is 18.1. The van der Waals surface area contributed by atoms with Gasteiger partial charge in [0.25, 0.3) is 0 Å². The number of fused-ring (bicyclic) bond motifs is 5. The molecular weight excluding hydrogens is 421 g/mol. The van der Waals surface area contributed by atoms with Gasteiger partial charge in [-0.15, -0.1) is 0 Å². The van der Waals surface area contributed by atoms with Crippen molar-refractivity contribution >= 4 is 77.3 Å². The predicted molar refractivity (Wildman–Crippen MR) is 125 cm³/mol. The Morgan fingerprint density at radius 3 is 2.57 bits per heavy atom. The van der Waals surface area contributed by atoms with Gasteiger partial charge in [-0.1, -0.05) is 0 Å². The Labute approximate surface area is 170 Å². The maximum absolute atomic E-state index is 2.55. The molecule has 0 unspecified atom stereocenters. The van der Waals surface area contributed by atoms with Crippen molar-refractivity contribution in [2.75, 3.05) is 0 Å². The van der Waals surface area contributed by atoms with Gasteiger partial charge in [0.05, 0.1) is 0 Å². The number of pyridine rings is 2. The third-order valence-electron chi connectivity index (χ3n) is 6.30. The van der Waals surface area contributed by atoms with Gasteiger partial charge in [-0.3, -0.25) is 0 Å². The third-order valence-corrected chi connectivity index (χ3v) is 11.5. The van der Waals surface area contributed by atoms with E-state index in [2.05, 4.69) is 88.2 Å². The second kappa shape index (κ2) is 5.28. The number of hydrogen-bond donors (Lipinski definition) is 0. The van der Waals surface area contributed by atoms with Crippen LogP contribution in [0, 0.1) is 6.92 Å². The summed E-state index contributed by atoms with van der Waals surface area (Å²) in [5, 5.41) is 7.78. The Kier molecular flexibility index (Phi) is 3.17. The first-order chi connectivity index (χ1) is 13.4. The van der Waals surface area contributed by atoms with Gasteiger partial charge >= 0.3 is 171 Å². The molecule has 0 bridgehead atoms. The van der Waals surface area contributed by atoms with Gasteiger partial charge in [0, 0.05) is 0 Å². The predicted octanol–water partition coefficient (Wildman–Crippen LogP) is 5.73. The number of benzene rings is 2. The molecule has 4 heterocycles. The van der Waals surface area contributed by atoms with E-state index in [-0.39, 0.29) is 0 Å². The number of rotatable bonds is 1. The summed E-state index contributed by atoms with van der Waals surface area (Å²) in [5.74, 6) is 7.47. The van der Waals surface area contributed by atoms with Crippen LogP contribution in [0.1, 0.15) is 5.56 Å². The maximum atomic E-state index is 2.55. The minimum absolute atomic E-state index is 1.35. The standard InChI is InChI=1S/C24H23GeN2S/c1-14-6-7-17-22-20(14)23-21-15(8-10-26(23)5)12-16(25(2,3)4)13-19(21)27(22)18-9-11-28-24(17)18/h6-13H,1-5H3/q+1. The average Bonchev–Trinajstić information content (AvgIpc) is 3.22. The Hall–Kier alpha value is -2.11. The van der Waals surface area contributed by atoms with Crippen LogP contribution in [0.2, 0.25) is 17.3 Å². The van der Waals surface area contributed by atoms with Crippen LogP contribution < -0.4 is 8.96 Å². The Morgan fingerprint density at radius 2 is 1.79 bits per heavy atom. The molecule has 28 heavy (non-hydrogen) atoms. The van der Waals surface area contributed by atoms with Crippen molar-refractivity contribution in [3.8, 4) is 0 Å². The summed E-state index contributed by atoms with van der Waals surface area (Å²) in [6, 6.07) is 14.2. The first-order valence-electron chi connectivity index (χ1n) is 9.85. The number of aromatic nitrogens is 2. The van der Waals surface area contributed by atoms with Gasteiger partial charge in [-0.05, 0) is 0 Å². The molecule has 0 N–H and O–H groups in total. The molecule has 2 nitrogen and oxygen atoms in total. The van der Waals surface area contributed by atoms with Gasteiger partial charge in [0.1, 0.15) is 0 Å². The zero-order valence-electron chi connectivity index (χ0n) is 16.9. The van der Waals surface area contributed by atoms with Gasteiger partial charge in [-0.25, -0.2) is 0 Å². The second-order valence-electron chi connectivity index (χ2n) is 9.11. The third kappa shape index (κ3) is 1.96. The summed E-state index contributed by atoms with van der Waals surface area (Å²) in [7, 11) is 2.19. The minimum atomic E-state index is -1.98. The molecule has 0 aliphatic rings. The van der Waals surface area contributed by atoms with Gasteiger partial charge < -0.3 is 0 Å². The van der Waals surface area contributed by atoms with Crippen LogP contribution in [0.25, 0.3) is 48.3 Å². The zero-order valence-corrected chi connectivity index (χ0v) is 19.8. The van der Waals surface area contributed by atoms with E-state index in [0.29, 0.717) is 0 Å². The van der Waals surface area contributed by atoms with Crippen LogP contribution in [-0.2, 0) is 7.05 Å². The molecular formula is C24H23GeN2S+. The summed E-state index contributed by atoms with van der Waals surface area (Å²) in [4.78, 5) is 0. The molecule has 4 heteroatoms. The fourth-order valence-electron chi connectivity index (χ4n) is 4.85. The summed E-state index contributed by atoms with van der Waals surface area (Å²) < 4.78 is 7.85. The molecule has 0 fully saturated rings. The Bertz CT molecular complexity index is 1560. The van der Waals surface area contributed by atoms with E-state index in [0.717, 1.165) is 0 Å². The first kappa shape index (κ1) is 16.8. The summed E-state index contributed by atoms with van der Waals surface area (Å²) in [6.07, 6.45) is 2.24. The molecule has 2 aromatic carbocycles. The zero-order chi connectivity index (χ0) is 19.4. The monoisotopic (exact) mass is 445 g/mol. The fourth-order valence-corrected chi connectivity index (χ4v) is 8.18. The summed E-state index contributed by atoms with van der Waals surface area (Å²) in [6.45, 7) is 2.25. The normalized spacial score (nSPS) is 13.2. The number of hydrogen-bond acceptors (Lipinski definition) is 1. The van der Waals surface area contributed by atoms with Crippen molar-refractivity contribution in [2.45, 2.75) is 24.2 Å². The molecule has 4 aromatic heterocycles. The van der Waals surface area contributed by atoms with Gasteiger partial charge in [0.15, 0.2) is 0 Å². The van der Waals surface area contributed by atoms with E-state index in [1.54, 1.807) is 4.40 Å². The molecule has 0 amide bonds. The Morgan fingerprint density at radius 1 is 0.964 bits per heavy atom.